The molecule has 0 radical (unpaired) electrons. The van der Waals surface area contributed by atoms with Gasteiger partial charge in [-0.1, -0.05) is 44.2 Å². The molecule has 0 fully saturated rings. The van der Waals surface area contributed by atoms with Crippen molar-refractivity contribution in [2.45, 2.75) is 51.0 Å². The second-order valence-corrected chi connectivity index (χ2v) is 10.0. The number of primary amides is 1. The molecule has 6 N–H and O–H groups in total. The lowest BCUT2D eigenvalue weighted by molar-refractivity contribution is -0.147. The molecule has 2 aromatic rings. The number of fused-ring (bicyclic) bond motifs is 2. The zero-order valence-corrected chi connectivity index (χ0v) is 20.3. The molecular weight excluding hydrogens is 462 g/mol. The van der Waals surface area contributed by atoms with Crippen LogP contribution in [0.15, 0.2) is 47.7 Å². The Morgan fingerprint density at radius 3 is 2.53 bits per heavy atom. The van der Waals surface area contributed by atoms with Gasteiger partial charge < -0.3 is 26.2 Å². The average Bonchev–Trinajstić information content (AvgIpc) is 2.82. The number of aliphatic hydroxyl groups excluding tert-OH is 2. The SMILES string of the molecule is CC(C)c1cccc(-c2ccc(O)c3c2C[C@H]2C[C@@H](CCO)[C@@](O)(C(=O)CC(N)=O)C(O)=C2C3=O)c1. The van der Waals surface area contributed by atoms with Crippen LogP contribution in [0.2, 0.25) is 0 Å². The van der Waals surface area contributed by atoms with Gasteiger partial charge in [-0.3, -0.25) is 14.4 Å². The topological polar surface area (TPSA) is 158 Å². The molecule has 0 saturated heterocycles. The number of carbonyl (C=O) groups excluding carboxylic acids is 3. The molecule has 2 aliphatic rings. The Labute approximate surface area is 209 Å². The van der Waals surface area contributed by atoms with Crippen molar-refractivity contribution in [3.63, 3.8) is 0 Å². The fourth-order valence-corrected chi connectivity index (χ4v) is 5.66. The Balaban J connectivity index is 1.89. The summed E-state index contributed by atoms with van der Waals surface area (Å²) in [4.78, 5) is 38.0. The Hall–Kier alpha value is -3.49. The van der Waals surface area contributed by atoms with E-state index in [2.05, 4.69) is 13.8 Å². The van der Waals surface area contributed by atoms with Crippen LogP contribution in [-0.4, -0.2) is 50.1 Å². The third-order valence-corrected chi connectivity index (χ3v) is 7.50. The molecule has 0 aromatic heterocycles. The Kier molecular flexibility index (Phi) is 6.77. The van der Waals surface area contributed by atoms with Crippen molar-refractivity contribution >= 4 is 17.5 Å². The van der Waals surface area contributed by atoms with Gasteiger partial charge >= 0.3 is 0 Å². The van der Waals surface area contributed by atoms with Crippen LogP contribution < -0.4 is 5.73 Å². The van der Waals surface area contributed by atoms with E-state index >= 15 is 0 Å². The molecule has 8 heteroatoms. The first-order chi connectivity index (χ1) is 17.0. The highest BCUT2D eigenvalue weighted by molar-refractivity contribution is 6.15. The number of hydrogen-bond acceptors (Lipinski definition) is 7. The Morgan fingerprint density at radius 1 is 1.17 bits per heavy atom. The second-order valence-electron chi connectivity index (χ2n) is 10.0. The van der Waals surface area contributed by atoms with Gasteiger partial charge in [0.15, 0.2) is 17.2 Å². The van der Waals surface area contributed by atoms with E-state index < -0.39 is 47.1 Å². The summed E-state index contributed by atoms with van der Waals surface area (Å²) in [6.07, 6.45) is -0.461. The largest absolute Gasteiger partial charge is 0.508 e. The van der Waals surface area contributed by atoms with Crippen molar-refractivity contribution in [1.82, 2.24) is 0 Å². The number of benzene rings is 2. The number of phenolic OH excluding ortho intramolecular Hbond substituents is 1. The van der Waals surface area contributed by atoms with Gasteiger partial charge in [0.25, 0.3) is 0 Å². The molecule has 0 unspecified atom stereocenters. The smallest absolute Gasteiger partial charge is 0.225 e. The van der Waals surface area contributed by atoms with Crippen molar-refractivity contribution in [3.8, 4) is 16.9 Å². The molecule has 0 heterocycles. The molecule has 3 atom stereocenters. The molecule has 36 heavy (non-hydrogen) atoms. The summed E-state index contributed by atoms with van der Waals surface area (Å²) in [6, 6.07) is 11.1. The number of nitrogens with two attached hydrogens (primary N) is 1. The quantitative estimate of drug-likeness (QED) is 0.371. The monoisotopic (exact) mass is 493 g/mol. The number of amides is 1. The molecule has 0 spiro atoms. The number of phenols is 1. The highest BCUT2D eigenvalue weighted by atomic mass is 16.3. The zero-order valence-electron chi connectivity index (χ0n) is 20.3. The summed E-state index contributed by atoms with van der Waals surface area (Å²) in [5.41, 5.74) is 5.89. The standard InChI is InChI=1S/C28H31NO7/c1-14(2)15-4-3-5-16(10-15)19-6-7-21(31)25-20(19)12-17-11-18(8-9-30)28(36,22(32)13-23(29)33)27(35)24(17)26(25)34/h3-7,10,14,17-18,30-31,35-36H,8-9,11-13H2,1-2H3,(H2,29,33)/t17-,18-,28-/m1/s1. The Morgan fingerprint density at radius 2 is 1.89 bits per heavy atom. The first kappa shape index (κ1) is 25.6. The molecule has 4 rings (SSSR count). The molecular formula is C28H31NO7. The van der Waals surface area contributed by atoms with Crippen LogP contribution in [-0.2, 0) is 16.0 Å². The predicted molar refractivity (Wildman–Crippen MR) is 132 cm³/mol. The van der Waals surface area contributed by atoms with E-state index in [-0.39, 0.29) is 42.8 Å². The number of aliphatic hydroxyl groups is 3. The van der Waals surface area contributed by atoms with Crippen molar-refractivity contribution in [3.05, 3.63) is 64.4 Å². The molecule has 8 nitrogen and oxygen atoms in total. The van der Waals surface area contributed by atoms with Gasteiger partial charge in [-0.15, -0.1) is 0 Å². The van der Waals surface area contributed by atoms with E-state index in [1.165, 1.54) is 6.07 Å². The summed E-state index contributed by atoms with van der Waals surface area (Å²) in [6.45, 7) is 3.79. The zero-order chi connectivity index (χ0) is 26.4. The first-order valence-electron chi connectivity index (χ1n) is 12.1. The van der Waals surface area contributed by atoms with Crippen LogP contribution in [0.25, 0.3) is 11.1 Å². The normalized spacial score (nSPS) is 23.4. The molecule has 0 bridgehead atoms. The average molecular weight is 494 g/mol. The van der Waals surface area contributed by atoms with Crippen molar-refractivity contribution in [2.75, 3.05) is 6.61 Å². The van der Waals surface area contributed by atoms with Gasteiger partial charge in [0.2, 0.25) is 5.91 Å². The maximum atomic E-state index is 13.7. The van der Waals surface area contributed by atoms with Crippen LogP contribution in [0.4, 0.5) is 0 Å². The van der Waals surface area contributed by atoms with Crippen LogP contribution in [0.3, 0.4) is 0 Å². The van der Waals surface area contributed by atoms with Crippen molar-refractivity contribution < 1.29 is 34.8 Å². The lowest BCUT2D eigenvalue weighted by atomic mass is 9.62. The van der Waals surface area contributed by atoms with Gasteiger partial charge in [-0.25, -0.2) is 0 Å². The maximum absolute atomic E-state index is 13.7. The molecule has 0 aliphatic heterocycles. The fourth-order valence-electron chi connectivity index (χ4n) is 5.66. The summed E-state index contributed by atoms with van der Waals surface area (Å²) < 4.78 is 0. The summed E-state index contributed by atoms with van der Waals surface area (Å²) >= 11 is 0. The van der Waals surface area contributed by atoms with Gasteiger partial charge in [0.05, 0.1) is 12.0 Å². The second kappa shape index (κ2) is 9.52. The minimum absolute atomic E-state index is 0.0190. The number of allylic oxidation sites excluding steroid dienone is 1. The number of Topliss-reactive ketones (excluding diaryl/α,β-unsaturated/α-hetero) is 2. The summed E-state index contributed by atoms with van der Waals surface area (Å²) in [7, 11) is 0. The molecule has 2 aromatic carbocycles. The van der Waals surface area contributed by atoms with Crippen LogP contribution in [0.5, 0.6) is 5.75 Å². The van der Waals surface area contributed by atoms with Crippen molar-refractivity contribution in [1.29, 1.82) is 0 Å². The van der Waals surface area contributed by atoms with E-state index in [4.69, 9.17) is 5.73 Å². The van der Waals surface area contributed by atoms with Crippen LogP contribution in [0.1, 0.15) is 60.5 Å². The fraction of sp³-hybridized carbons (Fsp3) is 0.393. The van der Waals surface area contributed by atoms with Crippen LogP contribution in [0, 0.1) is 11.8 Å². The summed E-state index contributed by atoms with van der Waals surface area (Å²) in [5, 5.41) is 42.8. The molecule has 1 amide bonds. The summed E-state index contributed by atoms with van der Waals surface area (Å²) in [5.74, 6) is -4.97. The number of carbonyl (C=O) groups is 3. The Bertz CT molecular complexity index is 1280. The highest BCUT2D eigenvalue weighted by Gasteiger charge is 2.55. The van der Waals surface area contributed by atoms with Crippen LogP contribution >= 0.6 is 0 Å². The number of rotatable bonds is 7. The van der Waals surface area contributed by atoms with Crippen molar-refractivity contribution in [2.24, 2.45) is 17.6 Å². The van der Waals surface area contributed by atoms with E-state index in [0.717, 1.165) is 16.7 Å². The van der Waals surface area contributed by atoms with Gasteiger partial charge in [-0.2, -0.15) is 0 Å². The van der Waals surface area contributed by atoms with E-state index in [0.29, 0.717) is 11.5 Å². The molecule has 2 aliphatic carbocycles. The van der Waals surface area contributed by atoms with Gasteiger partial charge in [0, 0.05) is 18.1 Å². The van der Waals surface area contributed by atoms with Gasteiger partial charge in [0.1, 0.15) is 11.5 Å². The first-order valence-corrected chi connectivity index (χ1v) is 12.1. The van der Waals surface area contributed by atoms with E-state index in [1.807, 2.05) is 24.3 Å². The number of aromatic hydroxyl groups is 1. The number of ketones is 2. The third-order valence-electron chi connectivity index (χ3n) is 7.50. The van der Waals surface area contributed by atoms with E-state index in [1.54, 1.807) is 6.07 Å². The lowest BCUT2D eigenvalue weighted by Crippen LogP contribution is -2.54. The molecule has 190 valence electrons. The lowest BCUT2D eigenvalue weighted by Gasteiger charge is -2.43. The maximum Gasteiger partial charge on any atom is 0.225 e. The minimum atomic E-state index is -2.53. The highest BCUT2D eigenvalue weighted by Crippen LogP contribution is 2.50. The third kappa shape index (κ3) is 4.10. The predicted octanol–water partition coefficient (Wildman–Crippen LogP) is 2.93. The van der Waals surface area contributed by atoms with E-state index in [9.17, 15) is 34.8 Å². The molecule has 0 saturated carbocycles. The minimum Gasteiger partial charge on any atom is -0.508 e. The van der Waals surface area contributed by atoms with Gasteiger partial charge in [-0.05, 0) is 59.4 Å². The number of hydrogen-bond donors (Lipinski definition) is 5.